The molecule has 0 atom stereocenters. The normalized spacial score (nSPS) is 10.2. The van der Waals surface area contributed by atoms with Crippen molar-refractivity contribution in [2.45, 2.75) is 0 Å². The lowest BCUT2D eigenvalue weighted by Crippen LogP contribution is -2.14. The van der Waals surface area contributed by atoms with Gasteiger partial charge >= 0.3 is 0 Å². The topological polar surface area (TPSA) is 29.1 Å². The molecule has 0 aliphatic carbocycles. The summed E-state index contributed by atoms with van der Waals surface area (Å²) in [6.45, 7) is 0. The highest BCUT2D eigenvalue weighted by atomic mass is 79.9. The molecule has 0 bridgehead atoms. The van der Waals surface area contributed by atoms with Crippen LogP contribution < -0.4 is 5.32 Å². The molecule has 1 N–H and O–H groups in total. The second-order valence-corrected chi connectivity index (χ2v) is 4.48. The standard InChI is InChI=1S/C13H8BrF2NO/c14-9-4-1-3-8(7-9)13(18)17-12-10(15)5-2-6-11(12)16/h1-7H,(H,17,18). The van der Waals surface area contributed by atoms with E-state index in [9.17, 15) is 13.6 Å². The summed E-state index contributed by atoms with van der Waals surface area (Å²) in [5.41, 5.74) is -0.130. The maximum atomic E-state index is 13.3. The van der Waals surface area contributed by atoms with Gasteiger partial charge in [-0.15, -0.1) is 0 Å². The molecule has 0 spiro atoms. The Morgan fingerprint density at radius 2 is 1.67 bits per heavy atom. The quantitative estimate of drug-likeness (QED) is 0.893. The fraction of sp³-hybridized carbons (Fsp3) is 0. The van der Waals surface area contributed by atoms with Gasteiger partial charge < -0.3 is 5.32 Å². The van der Waals surface area contributed by atoms with Crippen LogP contribution in [0, 0.1) is 11.6 Å². The van der Waals surface area contributed by atoms with Crippen LogP contribution in [0.15, 0.2) is 46.9 Å². The Morgan fingerprint density at radius 1 is 1.06 bits per heavy atom. The van der Waals surface area contributed by atoms with E-state index in [1.165, 1.54) is 6.07 Å². The SMILES string of the molecule is O=C(Nc1c(F)cccc1F)c1cccc(Br)c1. The van der Waals surface area contributed by atoms with Crippen molar-refractivity contribution >= 4 is 27.5 Å². The Hall–Kier alpha value is -1.75. The van der Waals surface area contributed by atoms with Gasteiger partial charge in [0.2, 0.25) is 0 Å². The molecular formula is C13H8BrF2NO. The average molecular weight is 312 g/mol. The van der Waals surface area contributed by atoms with E-state index in [4.69, 9.17) is 0 Å². The highest BCUT2D eigenvalue weighted by Crippen LogP contribution is 2.19. The van der Waals surface area contributed by atoms with E-state index in [2.05, 4.69) is 21.2 Å². The molecule has 0 aliphatic rings. The highest BCUT2D eigenvalue weighted by molar-refractivity contribution is 9.10. The van der Waals surface area contributed by atoms with Gasteiger partial charge in [0.1, 0.15) is 17.3 Å². The first-order chi connectivity index (χ1) is 8.58. The van der Waals surface area contributed by atoms with E-state index in [0.29, 0.717) is 10.0 Å². The molecule has 18 heavy (non-hydrogen) atoms. The molecule has 0 aromatic heterocycles. The van der Waals surface area contributed by atoms with E-state index in [0.717, 1.165) is 12.1 Å². The molecule has 0 radical (unpaired) electrons. The zero-order valence-corrected chi connectivity index (χ0v) is 10.7. The van der Waals surface area contributed by atoms with Crippen molar-refractivity contribution in [3.05, 3.63) is 64.1 Å². The Bertz CT molecular complexity index is 581. The van der Waals surface area contributed by atoms with Gasteiger partial charge in [0.15, 0.2) is 0 Å². The van der Waals surface area contributed by atoms with Crippen molar-refractivity contribution in [3.8, 4) is 0 Å². The smallest absolute Gasteiger partial charge is 0.255 e. The fourth-order valence-electron chi connectivity index (χ4n) is 1.43. The molecule has 2 nitrogen and oxygen atoms in total. The van der Waals surface area contributed by atoms with E-state index < -0.39 is 23.2 Å². The number of carbonyl (C=O) groups excluding carboxylic acids is 1. The average Bonchev–Trinajstić information content (AvgIpc) is 2.34. The largest absolute Gasteiger partial charge is 0.317 e. The van der Waals surface area contributed by atoms with Crippen LogP contribution in [0.3, 0.4) is 0 Å². The maximum absolute atomic E-state index is 13.3. The van der Waals surface area contributed by atoms with Crippen LogP contribution >= 0.6 is 15.9 Å². The summed E-state index contributed by atoms with van der Waals surface area (Å²) in [6, 6.07) is 9.93. The van der Waals surface area contributed by atoms with Crippen molar-refractivity contribution in [1.29, 1.82) is 0 Å². The summed E-state index contributed by atoms with van der Waals surface area (Å²) >= 11 is 3.22. The second kappa shape index (κ2) is 5.27. The number of carbonyl (C=O) groups is 1. The molecule has 5 heteroatoms. The van der Waals surface area contributed by atoms with Crippen molar-refractivity contribution in [1.82, 2.24) is 0 Å². The molecule has 2 rings (SSSR count). The summed E-state index contributed by atoms with van der Waals surface area (Å²) < 4.78 is 27.4. The minimum absolute atomic E-state index is 0.312. The number of para-hydroxylation sites is 1. The fourth-order valence-corrected chi connectivity index (χ4v) is 1.83. The maximum Gasteiger partial charge on any atom is 0.255 e. The van der Waals surface area contributed by atoms with Crippen molar-refractivity contribution in [3.63, 3.8) is 0 Å². The minimum atomic E-state index is -0.807. The third-order valence-electron chi connectivity index (χ3n) is 2.29. The predicted molar refractivity (Wildman–Crippen MR) is 68.5 cm³/mol. The molecule has 0 aliphatic heterocycles. The molecule has 92 valence electrons. The number of halogens is 3. The summed E-state index contributed by atoms with van der Waals surface area (Å²) in [5.74, 6) is -2.18. The zero-order chi connectivity index (χ0) is 13.1. The van der Waals surface area contributed by atoms with Gasteiger partial charge in [-0.05, 0) is 30.3 Å². The number of rotatable bonds is 2. The Morgan fingerprint density at radius 3 is 2.28 bits per heavy atom. The van der Waals surface area contributed by atoms with Gasteiger partial charge in [-0.1, -0.05) is 28.1 Å². The van der Waals surface area contributed by atoms with E-state index in [-0.39, 0.29) is 0 Å². The van der Waals surface area contributed by atoms with E-state index in [1.807, 2.05) is 0 Å². The number of hydrogen-bond donors (Lipinski definition) is 1. The first-order valence-corrected chi connectivity index (χ1v) is 5.88. The van der Waals surface area contributed by atoms with Gasteiger partial charge in [-0.25, -0.2) is 8.78 Å². The van der Waals surface area contributed by atoms with E-state index >= 15 is 0 Å². The Kier molecular flexibility index (Phi) is 3.72. The van der Waals surface area contributed by atoms with Gasteiger partial charge in [-0.2, -0.15) is 0 Å². The first-order valence-electron chi connectivity index (χ1n) is 5.09. The molecule has 2 aromatic rings. The van der Waals surface area contributed by atoms with Crippen LogP contribution in [-0.2, 0) is 0 Å². The van der Waals surface area contributed by atoms with Gasteiger partial charge in [0.05, 0.1) is 0 Å². The van der Waals surface area contributed by atoms with Crippen LogP contribution in [0.25, 0.3) is 0 Å². The summed E-state index contributed by atoms with van der Waals surface area (Å²) in [6.07, 6.45) is 0. The number of amides is 1. The number of benzene rings is 2. The minimum Gasteiger partial charge on any atom is -0.317 e. The molecule has 0 saturated carbocycles. The monoisotopic (exact) mass is 311 g/mol. The van der Waals surface area contributed by atoms with Crippen LogP contribution in [0.2, 0.25) is 0 Å². The molecule has 0 heterocycles. The van der Waals surface area contributed by atoms with Gasteiger partial charge in [0.25, 0.3) is 5.91 Å². The summed E-state index contributed by atoms with van der Waals surface area (Å²) in [5, 5.41) is 2.21. The molecule has 2 aromatic carbocycles. The third-order valence-corrected chi connectivity index (χ3v) is 2.78. The first kappa shape index (κ1) is 12.7. The van der Waals surface area contributed by atoms with Gasteiger partial charge in [0, 0.05) is 10.0 Å². The molecule has 0 saturated heterocycles. The Labute approximate surface area is 111 Å². The van der Waals surface area contributed by atoms with Gasteiger partial charge in [-0.3, -0.25) is 4.79 Å². The van der Waals surface area contributed by atoms with Crippen LogP contribution in [0.5, 0.6) is 0 Å². The summed E-state index contributed by atoms with van der Waals surface area (Å²) in [4.78, 5) is 11.8. The van der Waals surface area contributed by atoms with Crippen LogP contribution in [0.4, 0.5) is 14.5 Å². The number of hydrogen-bond acceptors (Lipinski definition) is 1. The number of anilines is 1. The third kappa shape index (κ3) is 2.73. The Balaban J connectivity index is 2.27. The molecule has 1 amide bonds. The molecule has 0 unspecified atom stereocenters. The second-order valence-electron chi connectivity index (χ2n) is 3.56. The van der Waals surface area contributed by atoms with Crippen molar-refractivity contribution in [2.75, 3.05) is 5.32 Å². The van der Waals surface area contributed by atoms with Crippen LogP contribution in [-0.4, -0.2) is 5.91 Å². The lowest BCUT2D eigenvalue weighted by atomic mass is 10.2. The summed E-state index contributed by atoms with van der Waals surface area (Å²) in [7, 11) is 0. The van der Waals surface area contributed by atoms with Crippen molar-refractivity contribution in [2.24, 2.45) is 0 Å². The lowest BCUT2D eigenvalue weighted by molar-refractivity contribution is 0.102. The molecular weight excluding hydrogens is 304 g/mol. The number of nitrogens with one attached hydrogen (secondary N) is 1. The van der Waals surface area contributed by atoms with Crippen molar-refractivity contribution < 1.29 is 13.6 Å². The predicted octanol–water partition coefficient (Wildman–Crippen LogP) is 3.98. The highest BCUT2D eigenvalue weighted by Gasteiger charge is 2.13. The lowest BCUT2D eigenvalue weighted by Gasteiger charge is -2.07. The van der Waals surface area contributed by atoms with Crippen LogP contribution in [0.1, 0.15) is 10.4 Å². The van der Waals surface area contributed by atoms with E-state index in [1.54, 1.807) is 24.3 Å². The zero-order valence-electron chi connectivity index (χ0n) is 9.08. The molecule has 0 fully saturated rings.